The van der Waals surface area contributed by atoms with Crippen molar-refractivity contribution in [2.75, 3.05) is 0 Å². The summed E-state index contributed by atoms with van der Waals surface area (Å²) >= 11 is 0. The first-order valence-electron chi connectivity index (χ1n) is 15.0. The van der Waals surface area contributed by atoms with Crippen LogP contribution in [0.15, 0.2) is 35.5 Å². The Morgan fingerprint density at radius 1 is 1.05 bits per heavy atom. The fourth-order valence-corrected chi connectivity index (χ4v) is 10.6. The summed E-state index contributed by atoms with van der Waals surface area (Å²) in [7, 11) is -1.93. The summed E-state index contributed by atoms with van der Waals surface area (Å²) in [5, 5.41) is 32.0. The summed E-state index contributed by atoms with van der Waals surface area (Å²) in [6, 6.07) is 0. The van der Waals surface area contributed by atoms with Gasteiger partial charge < -0.3 is 15.3 Å². The molecule has 3 nitrogen and oxygen atoms in total. The average molecular weight is 531 g/mol. The maximum Gasteiger partial charge on any atom is 0.0908 e. The first-order chi connectivity index (χ1) is 16.8. The minimum absolute atomic E-state index is 0.147. The van der Waals surface area contributed by atoms with E-state index in [1.807, 2.05) is 0 Å². The molecule has 0 aromatic carbocycles. The van der Waals surface area contributed by atoms with E-state index < -0.39 is 25.0 Å². The van der Waals surface area contributed by atoms with Crippen LogP contribution in [0.3, 0.4) is 0 Å². The van der Waals surface area contributed by atoms with Gasteiger partial charge in [-0.2, -0.15) is 0 Å². The number of allylic oxidation sites excluding steroid dienone is 4. The van der Waals surface area contributed by atoms with Crippen molar-refractivity contribution in [1.29, 1.82) is 0 Å². The molecule has 2 unspecified atom stereocenters. The van der Waals surface area contributed by atoms with E-state index in [4.69, 9.17) is 0 Å². The summed E-state index contributed by atoms with van der Waals surface area (Å²) in [5.74, 6) is 1.83. The molecule has 6 atom stereocenters. The van der Waals surface area contributed by atoms with E-state index in [2.05, 4.69) is 66.4 Å². The van der Waals surface area contributed by atoms with Crippen LogP contribution in [0.5, 0.6) is 0 Å². The van der Waals surface area contributed by atoms with Gasteiger partial charge in [0.25, 0.3) is 0 Å². The molecular formula is C33H58O3Si. The minimum Gasteiger partial charge on any atom is -0.393 e. The molecular weight excluding hydrogens is 472 g/mol. The average Bonchev–Trinajstić information content (AvgIpc) is 3.14. The second kappa shape index (κ2) is 10.7. The van der Waals surface area contributed by atoms with Gasteiger partial charge in [0.2, 0.25) is 0 Å². The molecule has 0 bridgehead atoms. The zero-order valence-electron chi connectivity index (χ0n) is 25.6. The normalized spacial score (nSPS) is 35.6. The molecule has 0 amide bonds. The van der Waals surface area contributed by atoms with Gasteiger partial charge in [-0.25, -0.2) is 0 Å². The molecule has 3 aliphatic rings. The van der Waals surface area contributed by atoms with Gasteiger partial charge in [-0.15, -0.1) is 0 Å². The van der Waals surface area contributed by atoms with E-state index in [9.17, 15) is 15.3 Å². The highest BCUT2D eigenvalue weighted by atomic mass is 28.3. The molecule has 0 saturated heterocycles. The van der Waals surface area contributed by atoms with Crippen LogP contribution in [-0.2, 0) is 0 Å². The van der Waals surface area contributed by atoms with E-state index in [0.29, 0.717) is 29.6 Å². The standard InChI is InChI=1S/C33H58O3Si/c1-23-19-21-33(36,37(9,10)30(3,4)5)22-26(23)15-14-25-12-11-20-32(8)27(16-17-28(25)32)24(2)13-18-29(34)31(6,7)35/h14-15,24,27-29,34-36H,1,11-13,16-22H2,2-10H3/b25-14?,26-15-/t24-,27-,28?,29?,32-,33-/m1/s1. The van der Waals surface area contributed by atoms with E-state index in [-0.39, 0.29) is 5.04 Å². The van der Waals surface area contributed by atoms with Gasteiger partial charge in [-0.05, 0) is 112 Å². The fraction of sp³-hybridized carbons (Fsp3) is 0.818. The molecule has 37 heavy (non-hydrogen) atoms. The molecule has 0 aromatic rings. The van der Waals surface area contributed by atoms with Gasteiger partial charge in [-0.3, -0.25) is 0 Å². The van der Waals surface area contributed by atoms with Crippen molar-refractivity contribution in [3.05, 3.63) is 35.5 Å². The highest BCUT2D eigenvalue weighted by Gasteiger charge is 2.54. The molecule has 0 heterocycles. The Morgan fingerprint density at radius 2 is 1.70 bits per heavy atom. The zero-order chi connectivity index (χ0) is 28.0. The van der Waals surface area contributed by atoms with Crippen molar-refractivity contribution in [3.63, 3.8) is 0 Å². The summed E-state index contributed by atoms with van der Waals surface area (Å²) in [5.41, 5.74) is 3.36. The molecule has 4 heteroatoms. The monoisotopic (exact) mass is 530 g/mol. The Labute approximate surface area is 229 Å². The molecule has 3 fully saturated rings. The lowest BCUT2D eigenvalue weighted by Gasteiger charge is -2.52. The second-order valence-electron chi connectivity index (χ2n) is 15.4. The van der Waals surface area contributed by atoms with Crippen LogP contribution < -0.4 is 0 Å². The predicted molar refractivity (Wildman–Crippen MR) is 160 cm³/mol. The highest BCUT2D eigenvalue weighted by Crippen LogP contribution is 2.60. The van der Waals surface area contributed by atoms with Crippen LogP contribution in [0.4, 0.5) is 0 Å². The van der Waals surface area contributed by atoms with Crippen LogP contribution in [0, 0.1) is 23.2 Å². The third kappa shape index (κ3) is 6.08. The molecule has 3 N–H and O–H groups in total. The largest absolute Gasteiger partial charge is 0.393 e. The number of aliphatic hydroxyl groups excluding tert-OH is 1. The smallest absolute Gasteiger partial charge is 0.0908 e. The molecule has 3 saturated carbocycles. The summed E-state index contributed by atoms with van der Waals surface area (Å²) in [4.78, 5) is 0. The number of hydrogen-bond donors (Lipinski definition) is 3. The highest BCUT2D eigenvalue weighted by molar-refractivity contribution is 6.82. The van der Waals surface area contributed by atoms with Gasteiger partial charge in [0.05, 0.1) is 25.0 Å². The van der Waals surface area contributed by atoms with Gasteiger partial charge >= 0.3 is 0 Å². The third-order valence-corrected chi connectivity index (χ3v) is 18.3. The van der Waals surface area contributed by atoms with Gasteiger partial charge in [0.1, 0.15) is 0 Å². The van der Waals surface area contributed by atoms with E-state index >= 15 is 0 Å². The quantitative estimate of drug-likeness (QED) is 0.291. The lowest BCUT2D eigenvalue weighted by atomic mass is 9.60. The van der Waals surface area contributed by atoms with Gasteiger partial charge in [-0.1, -0.05) is 77.6 Å². The Hall–Kier alpha value is -0.683. The summed E-state index contributed by atoms with van der Waals surface area (Å²) in [6.07, 6.45) is 14.4. The maximum absolute atomic E-state index is 11.9. The Balaban J connectivity index is 1.78. The zero-order valence-corrected chi connectivity index (χ0v) is 26.6. The number of fused-ring (bicyclic) bond motifs is 1. The molecule has 0 aliphatic heterocycles. The topological polar surface area (TPSA) is 60.7 Å². The lowest BCUT2D eigenvalue weighted by Crippen LogP contribution is -2.60. The van der Waals surface area contributed by atoms with Crippen LogP contribution in [0.25, 0.3) is 0 Å². The van der Waals surface area contributed by atoms with E-state index in [0.717, 1.165) is 25.7 Å². The molecule has 0 radical (unpaired) electrons. The van der Waals surface area contributed by atoms with Crippen molar-refractivity contribution in [1.82, 2.24) is 0 Å². The van der Waals surface area contributed by atoms with Crippen LogP contribution in [0.2, 0.25) is 18.1 Å². The van der Waals surface area contributed by atoms with E-state index in [1.165, 1.54) is 43.3 Å². The Bertz CT molecular complexity index is 902. The van der Waals surface area contributed by atoms with Crippen LogP contribution >= 0.6 is 0 Å². The molecule has 3 aliphatic carbocycles. The van der Waals surface area contributed by atoms with E-state index in [1.54, 1.807) is 19.4 Å². The van der Waals surface area contributed by atoms with Gasteiger partial charge in [0.15, 0.2) is 0 Å². The van der Waals surface area contributed by atoms with Crippen LogP contribution in [-0.4, -0.2) is 40.3 Å². The van der Waals surface area contributed by atoms with Crippen LogP contribution in [0.1, 0.15) is 113 Å². The Morgan fingerprint density at radius 3 is 2.30 bits per heavy atom. The number of hydrogen-bond acceptors (Lipinski definition) is 3. The van der Waals surface area contributed by atoms with Crippen molar-refractivity contribution in [2.24, 2.45) is 23.2 Å². The summed E-state index contributed by atoms with van der Waals surface area (Å²) < 4.78 is 0. The third-order valence-electron chi connectivity index (χ3n) is 11.8. The molecule has 212 valence electrons. The molecule has 3 rings (SSSR count). The minimum atomic E-state index is -1.93. The molecule has 0 spiro atoms. The first kappa shape index (κ1) is 30.9. The van der Waals surface area contributed by atoms with Gasteiger partial charge in [0, 0.05) is 0 Å². The SMILES string of the molecule is C=C1CC[C@@](O)([Si](C)(C)C(C)(C)C)C/C1=C/C=C1CCC[C@@]2(C)C1CC[C@@H]2[C@H](C)CCC(O)C(C)(C)O. The summed E-state index contributed by atoms with van der Waals surface area (Å²) in [6.45, 7) is 24.3. The lowest BCUT2D eigenvalue weighted by molar-refractivity contribution is -0.0554. The molecule has 0 aromatic heterocycles. The fourth-order valence-electron chi connectivity index (χ4n) is 7.85. The second-order valence-corrected chi connectivity index (χ2v) is 21.1. The number of aliphatic hydroxyl groups is 3. The van der Waals surface area contributed by atoms with Crippen molar-refractivity contribution < 1.29 is 15.3 Å². The predicted octanol–water partition coefficient (Wildman–Crippen LogP) is 8.12. The van der Waals surface area contributed by atoms with Crippen molar-refractivity contribution >= 4 is 8.07 Å². The first-order valence-corrected chi connectivity index (χ1v) is 18.0. The van der Waals surface area contributed by atoms with Crippen molar-refractivity contribution in [3.8, 4) is 0 Å². The number of rotatable bonds is 7. The maximum atomic E-state index is 11.9. The Kier molecular flexibility index (Phi) is 8.93. The van der Waals surface area contributed by atoms with Crippen molar-refractivity contribution in [2.45, 2.75) is 148 Å².